The molecule has 1 aliphatic carbocycles. The normalized spacial score (nSPS) is 20.0. The summed E-state index contributed by atoms with van der Waals surface area (Å²) in [5.41, 5.74) is 7.68. The van der Waals surface area contributed by atoms with E-state index < -0.39 is 5.54 Å². The molecular formula is C10H20N2O2. The van der Waals surface area contributed by atoms with Gasteiger partial charge >= 0.3 is 0 Å². The highest BCUT2D eigenvalue weighted by atomic mass is 16.7. The Hall–Kier alpha value is -0.610. The molecule has 0 unspecified atom stereocenters. The van der Waals surface area contributed by atoms with E-state index in [0.29, 0.717) is 12.5 Å². The fourth-order valence-corrected chi connectivity index (χ4v) is 1.61. The van der Waals surface area contributed by atoms with Gasteiger partial charge in [0, 0.05) is 0 Å². The van der Waals surface area contributed by atoms with Gasteiger partial charge in [-0.15, -0.1) is 0 Å². The van der Waals surface area contributed by atoms with Gasteiger partial charge in [-0.25, -0.2) is 5.48 Å². The number of carbonyl (C=O) groups excluding carboxylic acids is 1. The third-order valence-electron chi connectivity index (χ3n) is 2.53. The minimum atomic E-state index is -0.684. The van der Waals surface area contributed by atoms with E-state index in [1.165, 1.54) is 0 Å². The van der Waals surface area contributed by atoms with Crippen molar-refractivity contribution in [3.8, 4) is 0 Å². The number of nitrogens with two attached hydrogens (primary N) is 1. The van der Waals surface area contributed by atoms with E-state index >= 15 is 0 Å². The van der Waals surface area contributed by atoms with Crippen LogP contribution in [0.25, 0.3) is 0 Å². The maximum absolute atomic E-state index is 11.6. The van der Waals surface area contributed by atoms with Crippen molar-refractivity contribution in [2.75, 3.05) is 6.61 Å². The van der Waals surface area contributed by atoms with Crippen LogP contribution >= 0.6 is 0 Å². The lowest BCUT2D eigenvalue weighted by Crippen LogP contribution is -2.52. The average Bonchev–Trinajstić information content (AvgIpc) is 2.52. The lowest BCUT2D eigenvalue weighted by molar-refractivity contribution is -0.139. The van der Waals surface area contributed by atoms with E-state index in [0.717, 1.165) is 25.7 Å². The van der Waals surface area contributed by atoms with Gasteiger partial charge in [0.15, 0.2) is 0 Å². The van der Waals surface area contributed by atoms with Crippen molar-refractivity contribution in [1.29, 1.82) is 0 Å². The molecule has 0 heterocycles. The molecule has 3 N–H and O–H groups in total. The van der Waals surface area contributed by atoms with Gasteiger partial charge in [0.25, 0.3) is 5.91 Å². The lowest BCUT2D eigenvalue weighted by Gasteiger charge is -2.21. The Morgan fingerprint density at radius 3 is 2.57 bits per heavy atom. The maximum Gasteiger partial charge on any atom is 0.263 e. The summed E-state index contributed by atoms with van der Waals surface area (Å²) in [6, 6.07) is 0. The van der Waals surface area contributed by atoms with Crippen molar-refractivity contribution in [1.82, 2.24) is 5.48 Å². The molecule has 0 atom stereocenters. The van der Waals surface area contributed by atoms with Gasteiger partial charge in [-0.3, -0.25) is 9.63 Å². The monoisotopic (exact) mass is 200 g/mol. The maximum atomic E-state index is 11.6. The van der Waals surface area contributed by atoms with Gasteiger partial charge in [0.05, 0.1) is 12.1 Å². The third-order valence-corrected chi connectivity index (χ3v) is 2.53. The van der Waals surface area contributed by atoms with Gasteiger partial charge in [-0.2, -0.15) is 0 Å². The van der Waals surface area contributed by atoms with Gasteiger partial charge in [0.1, 0.15) is 0 Å². The Bertz CT molecular complexity index is 198. The first kappa shape index (κ1) is 11.5. The molecular weight excluding hydrogens is 180 g/mol. The predicted octanol–water partition coefficient (Wildman–Crippen LogP) is 0.962. The summed E-state index contributed by atoms with van der Waals surface area (Å²) in [6.07, 6.45) is 3.61. The standard InChI is InChI=1S/C10H20N2O2/c1-8(2)7-14-12-9(13)10(11)5-3-4-6-10/h8H,3-7,11H2,1-2H3,(H,12,13). The van der Waals surface area contributed by atoms with Crippen LogP contribution in [0, 0.1) is 5.92 Å². The SMILES string of the molecule is CC(C)CONC(=O)C1(N)CCCC1. The number of hydrogen-bond donors (Lipinski definition) is 2. The van der Waals surface area contributed by atoms with Crippen molar-refractivity contribution in [3.05, 3.63) is 0 Å². The Morgan fingerprint density at radius 2 is 2.07 bits per heavy atom. The summed E-state index contributed by atoms with van der Waals surface area (Å²) in [6.45, 7) is 4.59. The highest BCUT2D eigenvalue weighted by molar-refractivity contribution is 5.85. The van der Waals surface area contributed by atoms with Crippen LogP contribution in [-0.4, -0.2) is 18.1 Å². The summed E-state index contributed by atoms with van der Waals surface area (Å²) in [5, 5.41) is 0. The second kappa shape index (κ2) is 4.75. The first-order chi connectivity index (χ1) is 6.54. The van der Waals surface area contributed by atoms with Crippen LogP contribution in [0.3, 0.4) is 0 Å². The van der Waals surface area contributed by atoms with Gasteiger partial charge < -0.3 is 5.73 Å². The van der Waals surface area contributed by atoms with Crippen LogP contribution in [0.2, 0.25) is 0 Å². The first-order valence-electron chi connectivity index (χ1n) is 5.26. The molecule has 0 radical (unpaired) electrons. The molecule has 1 fully saturated rings. The van der Waals surface area contributed by atoms with Crippen molar-refractivity contribution in [2.24, 2.45) is 11.7 Å². The van der Waals surface area contributed by atoms with Crippen molar-refractivity contribution in [3.63, 3.8) is 0 Å². The van der Waals surface area contributed by atoms with Crippen LogP contribution in [0.5, 0.6) is 0 Å². The molecule has 14 heavy (non-hydrogen) atoms. The van der Waals surface area contributed by atoms with E-state index in [1.54, 1.807) is 0 Å². The van der Waals surface area contributed by atoms with E-state index in [2.05, 4.69) is 5.48 Å². The van der Waals surface area contributed by atoms with E-state index in [-0.39, 0.29) is 5.91 Å². The molecule has 1 rings (SSSR count). The second-order valence-corrected chi connectivity index (χ2v) is 4.50. The molecule has 4 nitrogen and oxygen atoms in total. The summed E-state index contributed by atoms with van der Waals surface area (Å²) >= 11 is 0. The molecule has 0 aromatic rings. The zero-order chi connectivity index (χ0) is 10.6. The molecule has 0 aromatic carbocycles. The summed E-state index contributed by atoms with van der Waals surface area (Å²) in [7, 11) is 0. The third kappa shape index (κ3) is 2.96. The summed E-state index contributed by atoms with van der Waals surface area (Å²) in [4.78, 5) is 16.6. The lowest BCUT2D eigenvalue weighted by atomic mass is 9.99. The number of hydrogen-bond acceptors (Lipinski definition) is 3. The van der Waals surface area contributed by atoms with Crippen LogP contribution in [0.4, 0.5) is 0 Å². The minimum Gasteiger partial charge on any atom is -0.317 e. The largest absolute Gasteiger partial charge is 0.317 e. The minimum absolute atomic E-state index is 0.171. The van der Waals surface area contributed by atoms with Crippen molar-refractivity contribution in [2.45, 2.75) is 45.1 Å². The zero-order valence-electron chi connectivity index (χ0n) is 9.01. The topological polar surface area (TPSA) is 64.3 Å². The van der Waals surface area contributed by atoms with E-state index in [1.807, 2.05) is 13.8 Å². The van der Waals surface area contributed by atoms with E-state index in [9.17, 15) is 4.79 Å². The summed E-state index contributed by atoms with van der Waals surface area (Å²) in [5.74, 6) is 0.239. The molecule has 0 aliphatic heterocycles. The Morgan fingerprint density at radius 1 is 1.50 bits per heavy atom. The van der Waals surface area contributed by atoms with Gasteiger partial charge in [-0.1, -0.05) is 26.7 Å². The molecule has 0 aromatic heterocycles. The molecule has 0 spiro atoms. The van der Waals surface area contributed by atoms with Gasteiger partial charge in [0.2, 0.25) is 0 Å². The fraction of sp³-hybridized carbons (Fsp3) is 0.900. The Kier molecular flexibility index (Phi) is 3.89. The molecule has 82 valence electrons. The average molecular weight is 200 g/mol. The number of rotatable bonds is 4. The highest BCUT2D eigenvalue weighted by Gasteiger charge is 2.37. The Balaban J connectivity index is 2.27. The molecule has 0 saturated heterocycles. The molecule has 4 heteroatoms. The molecule has 1 saturated carbocycles. The first-order valence-corrected chi connectivity index (χ1v) is 5.26. The van der Waals surface area contributed by atoms with Gasteiger partial charge in [-0.05, 0) is 18.8 Å². The highest BCUT2D eigenvalue weighted by Crippen LogP contribution is 2.27. The number of carbonyl (C=O) groups is 1. The van der Waals surface area contributed by atoms with Crippen molar-refractivity contribution < 1.29 is 9.63 Å². The van der Waals surface area contributed by atoms with Crippen LogP contribution in [0.1, 0.15) is 39.5 Å². The number of nitrogens with one attached hydrogen (secondary N) is 1. The predicted molar refractivity (Wildman–Crippen MR) is 54.3 cm³/mol. The second-order valence-electron chi connectivity index (χ2n) is 4.50. The van der Waals surface area contributed by atoms with Crippen LogP contribution in [0.15, 0.2) is 0 Å². The smallest absolute Gasteiger partial charge is 0.263 e. The van der Waals surface area contributed by atoms with E-state index in [4.69, 9.17) is 10.6 Å². The fourth-order valence-electron chi connectivity index (χ4n) is 1.61. The molecule has 1 amide bonds. The number of amides is 1. The zero-order valence-corrected chi connectivity index (χ0v) is 9.01. The quantitative estimate of drug-likeness (QED) is 0.664. The van der Waals surface area contributed by atoms with Crippen LogP contribution < -0.4 is 11.2 Å². The Labute approximate surface area is 85.1 Å². The summed E-state index contributed by atoms with van der Waals surface area (Å²) < 4.78 is 0. The van der Waals surface area contributed by atoms with Crippen LogP contribution in [-0.2, 0) is 9.63 Å². The molecule has 0 bridgehead atoms. The molecule has 1 aliphatic rings. The number of hydroxylamine groups is 1. The van der Waals surface area contributed by atoms with Crippen molar-refractivity contribution >= 4 is 5.91 Å².